The van der Waals surface area contributed by atoms with Gasteiger partial charge in [0.15, 0.2) is 0 Å². The summed E-state index contributed by atoms with van der Waals surface area (Å²) in [5.74, 6) is 1.81. The van der Waals surface area contributed by atoms with E-state index in [1.807, 2.05) is 0 Å². The Kier molecular flexibility index (Phi) is 4.14. The Bertz CT molecular complexity index is 249. The van der Waals surface area contributed by atoms with Crippen LogP contribution in [0.15, 0.2) is 0 Å². The topological polar surface area (TPSA) is 15.3 Å². The maximum atomic E-state index is 3.80. The third-order valence-electron chi connectivity index (χ3n) is 5.11. The van der Waals surface area contributed by atoms with Gasteiger partial charge in [0.1, 0.15) is 0 Å². The Hall–Kier alpha value is -0.0800. The van der Waals surface area contributed by atoms with Crippen molar-refractivity contribution in [2.75, 3.05) is 19.6 Å². The molecule has 0 spiro atoms. The fraction of sp³-hybridized carbons (Fsp3) is 1.00. The van der Waals surface area contributed by atoms with E-state index in [4.69, 9.17) is 0 Å². The predicted octanol–water partition coefficient (Wildman–Crippen LogP) is 2.89. The third-order valence-corrected chi connectivity index (χ3v) is 5.11. The molecule has 2 heteroatoms. The van der Waals surface area contributed by atoms with Crippen molar-refractivity contribution in [3.8, 4) is 0 Å². The van der Waals surface area contributed by atoms with Crippen LogP contribution in [-0.4, -0.2) is 36.1 Å². The Morgan fingerprint density at radius 1 is 1.35 bits per heavy atom. The molecule has 1 aliphatic carbocycles. The number of nitrogens with one attached hydrogen (secondary N) is 1. The van der Waals surface area contributed by atoms with Crippen LogP contribution in [0.5, 0.6) is 0 Å². The second-order valence-electron chi connectivity index (χ2n) is 6.59. The largest absolute Gasteiger partial charge is 0.311 e. The molecule has 0 aromatic carbocycles. The Balaban J connectivity index is 1.98. The molecule has 3 atom stereocenters. The van der Waals surface area contributed by atoms with Gasteiger partial charge in [-0.25, -0.2) is 0 Å². The SMILES string of the molecule is CCC(C)CN1CC(C2CC2)NCC1(C)CC. The van der Waals surface area contributed by atoms with Crippen molar-refractivity contribution in [2.24, 2.45) is 11.8 Å². The molecule has 2 rings (SSSR count). The standard InChI is InChI=1S/C15H30N2/c1-5-12(3)9-17-10-14(13-7-8-13)16-11-15(17,4)6-2/h12-14,16H,5-11H2,1-4H3. The molecule has 2 fully saturated rings. The Labute approximate surface area is 107 Å². The summed E-state index contributed by atoms with van der Waals surface area (Å²) in [7, 11) is 0. The van der Waals surface area contributed by atoms with Gasteiger partial charge in [0.05, 0.1) is 0 Å². The van der Waals surface area contributed by atoms with Crippen molar-refractivity contribution in [1.29, 1.82) is 0 Å². The van der Waals surface area contributed by atoms with Gasteiger partial charge < -0.3 is 5.32 Å². The number of rotatable bonds is 5. The zero-order valence-corrected chi connectivity index (χ0v) is 12.1. The molecule has 0 radical (unpaired) electrons. The normalized spacial score (nSPS) is 37.1. The van der Waals surface area contributed by atoms with Crippen molar-refractivity contribution < 1.29 is 0 Å². The molecule has 17 heavy (non-hydrogen) atoms. The van der Waals surface area contributed by atoms with Gasteiger partial charge >= 0.3 is 0 Å². The predicted molar refractivity (Wildman–Crippen MR) is 74.2 cm³/mol. The lowest BCUT2D eigenvalue weighted by Crippen LogP contribution is -2.64. The highest BCUT2D eigenvalue weighted by Gasteiger charge is 2.41. The molecule has 1 aliphatic heterocycles. The van der Waals surface area contributed by atoms with Gasteiger partial charge in [-0.05, 0) is 38.0 Å². The second kappa shape index (κ2) is 5.27. The van der Waals surface area contributed by atoms with Crippen molar-refractivity contribution >= 4 is 0 Å². The quantitative estimate of drug-likeness (QED) is 0.792. The van der Waals surface area contributed by atoms with E-state index in [0.29, 0.717) is 5.54 Å². The lowest BCUT2D eigenvalue weighted by Gasteiger charge is -2.49. The zero-order chi connectivity index (χ0) is 12.5. The van der Waals surface area contributed by atoms with Crippen LogP contribution in [0.3, 0.4) is 0 Å². The summed E-state index contributed by atoms with van der Waals surface area (Å²) in [5, 5.41) is 3.80. The maximum absolute atomic E-state index is 3.80. The lowest BCUT2D eigenvalue weighted by atomic mass is 9.89. The highest BCUT2D eigenvalue weighted by atomic mass is 15.3. The van der Waals surface area contributed by atoms with Crippen LogP contribution in [0.25, 0.3) is 0 Å². The van der Waals surface area contributed by atoms with E-state index in [1.165, 1.54) is 45.3 Å². The van der Waals surface area contributed by atoms with E-state index in [1.54, 1.807) is 0 Å². The van der Waals surface area contributed by atoms with Crippen LogP contribution in [-0.2, 0) is 0 Å². The van der Waals surface area contributed by atoms with Gasteiger partial charge in [-0.1, -0.05) is 27.2 Å². The fourth-order valence-corrected chi connectivity index (χ4v) is 2.95. The van der Waals surface area contributed by atoms with Crippen LogP contribution in [0, 0.1) is 11.8 Å². The van der Waals surface area contributed by atoms with Gasteiger partial charge in [0.2, 0.25) is 0 Å². The summed E-state index contributed by atoms with van der Waals surface area (Å²) in [5.41, 5.74) is 0.384. The van der Waals surface area contributed by atoms with Gasteiger partial charge in [-0.2, -0.15) is 0 Å². The van der Waals surface area contributed by atoms with E-state index in [-0.39, 0.29) is 0 Å². The molecule has 100 valence electrons. The van der Waals surface area contributed by atoms with Crippen molar-refractivity contribution in [2.45, 2.75) is 65.0 Å². The molecule has 0 aromatic heterocycles. The fourth-order valence-electron chi connectivity index (χ4n) is 2.95. The zero-order valence-electron chi connectivity index (χ0n) is 12.1. The van der Waals surface area contributed by atoms with Crippen LogP contribution in [0.2, 0.25) is 0 Å². The van der Waals surface area contributed by atoms with Crippen molar-refractivity contribution in [3.05, 3.63) is 0 Å². The van der Waals surface area contributed by atoms with Gasteiger partial charge in [-0.15, -0.1) is 0 Å². The van der Waals surface area contributed by atoms with Crippen LogP contribution in [0.4, 0.5) is 0 Å². The number of hydrogen-bond donors (Lipinski definition) is 1. The van der Waals surface area contributed by atoms with Gasteiger partial charge in [0.25, 0.3) is 0 Å². The Morgan fingerprint density at radius 3 is 2.59 bits per heavy atom. The summed E-state index contributed by atoms with van der Waals surface area (Å²) < 4.78 is 0. The molecular weight excluding hydrogens is 208 g/mol. The lowest BCUT2D eigenvalue weighted by molar-refractivity contribution is 0.0320. The van der Waals surface area contributed by atoms with Crippen LogP contribution < -0.4 is 5.32 Å². The number of piperazine rings is 1. The second-order valence-corrected chi connectivity index (χ2v) is 6.59. The van der Waals surface area contributed by atoms with Crippen LogP contribution in [0.1, 0.15) is 53.4 Å². The van der Waals surface area contributed by atoms with Crippen LogP contribution >= 0.6 is 0 Å². The summed E-state index contributed by atoms with van der Waals surface area (Å²) in [6.07, 6.45) is 5.47. The Morgan fingerprint density at radius 2 is 2.06 bits per heavy atom. The average Bonchev–Trinajstić information content (AvgIpc) is 3.16. The maximum Gasteiger partial charge on any atom is 0.0304 e. The first-order chi connectivity index (χ1) is 8.09. The molecule has 0 bridgehead atoms. The molecule has 0 aromatic rings. The molecule has 0 amide bonds. The molecule has 1 heterocycles. The molecule has 1 saturated carbocycles. The minimum atomic E-state index is 0.384. The highest BCUT2D eigenvalue weighted by Crippen LogP contribution is 2.36. The smallest absolute Gasteiger partial charge is 0.0304 e. The van der Waals surface area contributed by atoms with Gasteiger partial charge in [-0.3, -0.25) is 4.90 Å². The number of hydrogen-bond acceptors (Lipinski definition) is 2. The van der Waals surface area contributed by atoms with E-state index in [9.17, 15) is 0 Å². The van der Waals surface area contributed by atoms with Gasteiger partial charge in [0, 0.05) is 31.2 Å². The molecule has 1 saturated heterocycles. The first-order valence-electron chi connectivity index (χ1n) is 7.57. The summed E-state index contributed by atoms with van der Waals surface area (Å²) in [6.45, 7) is 13.2. The molecule has 2 nitrogen and oxygen atoms in total. The van der Waals surface area contributed by atoms with E-state index < -0.39 is 0 Å². The molecule has 2 aliphatic rings. The minimum Gasteiger partial charge on any atom is -0.311 e. The first kappa shape index (κ1) is 13.4. The monoisotopic (exact) mass is 238 g/mol. The van der Waals surface area contributed by atoms with E-state index in [0.717, 1.165) is 17.9 Å². The number of nitrogens with zero attached hydrogens (tertiary/aromatic N) is 1. The molecule has 3 unspecified atom stereocenters. The van der Waals surface area contributed by atoms with E-state index in [2.05, 4.69) is 37.9 Å². The average molecular weight is 238 g/mol. The summed E-state index contributed by atoms with van der Waals surface area (Å²) in [6, 6.07) is 0.777. The first-order valence-corrected chi connectivity index (χ1v) is 7.57. The van der Waals surface area contributed by atoms with Crippen molar-refractivity contribution in [1.82, 2.24) is 10.2 Å². The summed E-state index contributed by atoms with van der Waals surface area (Å²) >= 11 is 0. The molecular formula is C15H30N2. The third kappa shape index (κ3) is 3.03. The highest BCUT2D eigenvalue weighted by molar-refractivity contribution is 4.99. The van der Waals surface area contributed by atoms with E-state index >= 15 is 0 Å². The van der Waals surface area contributed by atoms with Crippen molar-refractivity contribution in [3.63, 3.8) is 0 Å². The minimum absolute atomic E-state index is 0.384. The molecule has 1 N–H and O–H groups in total. The summed E-state index contributed by atoms with van der Waals surface area (Å²) in [4.78, 5) is 2.78.